The second-order valence-electron chi connectivity index (χ2n) is 7.57. The number of carbonyl (C=O) groups is 1. The van der Waals surface area contributed by atoms with Crippen LogP contribution in [-0.2, 0) is 26.1 Å². The molecule has 0 bridgehead atoms. The number of likely N-dealkylation sites (tertiary alicyclic amines) is 1. The molecule has 0 spiro atoms. The molecule has 3 heterocycles. The van der Waals surface area contributed by atoms with Gasteiger partial charge in [0, 0.05) is 25.3 Å². The molecular formula is C21H29N5O. The Labute approximate surface area is 161 Å². The first-order valence-electron chi connectivity index (χ1n) is 10.1. The molecule has 0 unspecified atom stereocenters. The molecule has 2 aromatic rings. The van der Waals surface area contributed by atoms with Gasteiger partial charge in [0.15, 0.2) is 0 Å². The minimum atomic E-state index is -0.0231. The number of fused-ring (bicyclic) bond motifs is 1. The first kappa shape index (κ1) is 18.0. The number of nitrogens with zero attached hydrogens (tertiary/aromatic N) is 4. The average Bonchev–Trinajstić information content (AvgIpc) is 3.27. The minimum Gasteiger partial charge on any atom is -0.333 e. The molecule has 4 rings (SSSR count). The Bertz CT molecular complexity index is 794. The molecule has 1 fully saturated rings. The van der Waals surface area contributed by atoms with E-state index in [-0.39, 0.29) is 6.03 Å². The van der Waals surface area contributed by atoms with Crippen molar-refractivity contribution in [3.63, 3.8) is 0 Å². The third-order valence-corrected chi connectivity index (χ3v) is 5.65. The fourth-order valence-corrected chi connectivity index (χ4v) is 4.05. The number of rotatable bonds is 4. The Morgan fingerprint density at radius 1 is 1.15 bits per heavy atom. The van der Waals surface area contributed by atoms with E-state index in [9.17, 15) is 4.79 Å². The number of urea groups is 1. The van der Waals surface area contributed by atoms with Crippen molar-refractivity contribution in [2.24, 2.45) is 0 Å². The molecule has 2 amide bonds. The van der Waals surface area contributed by atoms with Crippen LogP contribution in [0.4, 0.5) is 10.5 Å². The van der Waals surface area contributed by atoms with Crippen LogP contribution in [0.25, 0.3) is 0 Å². The number of benzene rings is 1. The summed E-state index contributed by atoms with van der Waals surface area (Å²) in [5.41, 5.74) is 4.42. The largest absolute Gasteiger partial charge is 0.333 e. The molecule has 1 aromatic heterocycles. The summed E-state index contributed by atoms with van der Waals surface area (Å²) in [6, 6.07) is 8.08. The summed E-state index contributed by atoms with van der Waals surface area (Å²) in [5, 5.41) is 3.08. The summed E-state index contributed by atoms with van der Waals surface area (Å²) in [4.78, 5) is 21.9. The van der Waals surface area contributed by atoms with Crippen LogP contribution in [0.3, 0.4) is 0 Å². The maximum Gasteiger partial charge on any atom is 0.322 e. The molecule has 1 N–H and O–H groups in total. The highest BCUT2D eigenvalue weighted by Gasteiger charge is 2.24. The second kappa shape index (κ2) is 8.13. The Morgan fingerprint density at radius 3 is 2.81 bits per heavy atom. The highest BCUT2D eigenvalue weighted by Crippen LogP contribution is 2.21. The third-order valence-electron chi connectivity index (χ3n) is 5.65. The standard InChI is InChI=1S/C21H29N5O/c1-2-17-7-5-8-18(13-17)23-21(27)25-11-6-12-26-16-22-19(20(26)15-25)14-24-9-3-4-10-24/h5,7-8,13,16H,2-4,6,9-12,14-15H2,1H3,(H,23,27). The molecule has 0 saturated carbocycles. The summed E-state index contributed by atoms with van der Waals surface area (Å²) in [7, 11) is 0. The minimum absolute atomic E-state index is 0.0231. The van der Waals surface area contributed by atoms with Crippen molar-refractivity contribution >= 4 is 11.7 Å². The summed E-state index contributed by atoms with van der Waals surface area (Å²) < 4.78 is 2.23. The van der Waals surface area contributed by atoms with E-state index in [1.807, 2.05) is 23.4 Å². The molecule has 0 aliphatic carbocycles. The number of carbonyl (C=O) groups excluding carboxylic acids is 1. The molecular weight excluding hydrogens is 338 g/mol. The lowest BCUT2D eigenvalue weighted by Crippen LogP contribution is -2.35. The Morgan fingerprint density at radius 2 is 2.00 bits per heavy atom. The summed E-state index contributed by atoms with van der Waals surface area (Å²) in [6.45, 7) is 7.66. The zero-order valence-electron chi connectivity index (χ0n) is 16.2. The van der Waals surface area contributed by atoms with Crippen LogP contribution in [0.5, 0.6) is 0 Å². The number of nitrogens with one attached hydrogen (secondary N) is 1. The Balaban J connectivity index is 1.47. The van der Waals surface area contributed by atoms with Gasteiger partial charge in [-0.3, -0.25) is 4.90 Å². The normalized spacial score (nSPS) is 17.6. The van der Waals surface area contributed by atoms with Crippen molar-refractivity contribution < 1.29 is 4.79 Å². The van der Waals surface area contributed by atoms with Gasteiger partial charge in [-0.05, 0) is 56.5 Å². The predicted octanol–water partition coefficient (Wildman–Crippen LogP) is 3.48. The lowest BCUT2D eigenvalue weighted by molar-refractivity contribution is 0.209. The summed E-state index contributed by atoms with van der Waals surface area (Å²) in [6.07, 6.45) is 6.43. The fourth-order valence-electron chi connectivity index (χ4n) is 4.05. The fraction of sp³-hybridized carbons (Fsp3) is 0.524. The van der Waals surface area contributed by atoms with E-state index in [2.05, 4.69) is 38.8 Å². The van der Waals surface area contributed by atoms with E-state index < -0.39 is 0 Å². The molecule has 144 valence electrons. The summed E-state index contributed by atoms with van der Waals surface area (Å²) in [5.74, 6) is 0. The van der Waals surface area contributed by atoms with E-state index in [0.29, 0.717) is 6.54 Å². The van der Waals surface area contributed by atoms with Gasteiger partial charge < -0.3 is 14.8 Å². The molecule has 2 aliphatic rings. The highest BCUT2D eigenvalue weighted by molar-refractivity contribution is 5.89. The Hall–Kier alpha value is -2.34. The molecule has 27 heavy (non-hydrogen) atoms. The maximum absolute atomic E-state index is 12.9. The van der Waals surface area contributed by atoms with Crippen LogP contribution in [-0.4, -0.2) is 45.0 Å². The lowest BCUT2D eigenvalue weighted by Gasteiger charge is -2.22. The van der Waals surface area contributed by atoms with Crippen LogP contribution < -0.4 is 5.32 Å². The topological polar surface area (TPSA) is 53.4 Å². The van der Waals surface area contributed by atoms with Gasteiger partial charge in [0.25, 0.3) is 0 Å². The van der Waals surface area contributed by atoms with Crippen molar-refractivity contribution in [3.8, 4) is 0 Å². The van der Waals surface area contributed by atoms with Crippen LogP contribution in [0.1, 0.15) is 43.1 Å². The second-order valence-corrected chi connectivity index (χ2v) is 7.57. The zero-order chi connectivity index (χ0) is 18.6. The van der Waals surface area contributed by atoms with Gasteiger partial charge in [0.2, 0.25) is 0 Å². The van der Waals surface area contributed by atoms with Crippen molar-refractivity contribution in [1.82, 2.24) is 19.4 Å². The number of aryl methyl sites for hydroxylation is 2. The predicted molar refractivity (Wildman–Crippen MR) is 107 cm³/mol. The monoisotopic (exact) mass is 367 g/mol. The van der Waals surface area contributed by atoms with E-state index in [1.165, 1.54) is 24.1 Å². The molecule has 6 nitrogen and oxygen atoms in total. The van der Waals surface area contributed by atoms with Crippen molar-refractivity contribution in [2.45, 2.75) is 52.2 Å². The first-order valence-corrected chi connectivity index (χ1v) is 10.1. The van der Waals surface area contributed by atoms with E-state index in [0.717, 1.165) is 56.9 Å². The van der Waals surface area contributed by atoms with E-state index in [4.69, 9.17) is 0 Å². The number of aromatic nitrogens is 2. The summed E-state index contributed by atoms with van der Waals surface area (Å²) >= 11 is 0. The number of amides is 2. The molecule has 0 atom stereocenters. The number of anilines is 1. The van der Waals surface area contributed by atoms with Gasteiger partial charge in [-0.2, -0.15) is 0 Å². The molecule has 1 saturated heterocycles. The van der Waals surface area contributed by atoms with E-state index >= 15 is 0 Å². The maximum atomic E-state index is 12.9. The first-order chi connectivity index (χ1) is 13.2. The third kappa shape index (κ3) is 4.16. The van der Waals surface area contributed by atoms with Gasteiger partial charge in [-0.25, -0.2) is 9.78 Å². The average molecular weight is 367 g/mol. The Kier molecular flexibility index (Phi) is 5.43. The SMILES string of the molecule is CCc1cccc(NC(=O)N2CCCn3cnc(CN4CCCC4)c3C2)c1. The lowest BCUT2D eigenvalue weighted by atomic mass is 10.1. The van der Waals surface area contributed by atoms with Gasteiger partial charge in [0.1, 0.15) is 0 Å². The number of hydrogen-bond acceptors (Lipinski definition) is 3. The van der Waals surface area contributed by atoms with Crippen molar-refractivity contribution in [1.29, 1.82) is 0 Å². The molecule has 6 heteroatoms. The zero-order valence-corrected chi connectivity index (χ0v) is 16.2. The smallest absolute Gasteiger partial charge is 0.322 e. The van der Waals surface area contributed by atoms with Gasteiger partial charge in [0.05, 0.1) is 24.3 Å². The van der Waals surface area contributed by atoms with Crippen LogP contribution in [0.2, 0.25) is 0 Å². The van der Waals surface area contributed by atoms with Crippen LogP contribution in [0.15, 0.2) is 30.6 Å². The number of hydrogen-bond donors (Lipinski definition) is 1. The van der Waals surface area contributed by atoms with Crippen molar-refractivity contribution in [3.05, 3.63) is 47.5 Å². The number of imidazole rings is 1. The molecule has 0 radical (unpaired) electrons. The quantitative estimate of drug-likeness (QED) is 0.900. The van der Waals surface area contributed by atoms with Gasteiger partial charge in [-0.1, -0.05) is 19.1 Å². The van der Waals surface area contributed by atoms with Crippen LogP contribution >= 0.6 is 0 Å². The molecule has 2 aliphatic heterocycles. The highest BCUT2D eigenvalue weighted by atomic mass is 16.2. The van der Waals surface area contributed by atoms with Crippen molar-refractivity contribution in [2.75, 3.05) is 25.0 Å². The van der Waals surface area contributed by atoms with Gasteiger partial charge in [-0.15, -0.1) is 0 Å². The van der Waals surface area contributed by atoms with Gasteiger partial charge >= 0.3 is 6.03 Å². The molecule has 1 aromatic carbocycles. The van der Waals surface area contributed by atoms with E-state index in [1.54, 1.807) is 0 Å². The van der Waals surface area contributed by atoms with Crippen LogP contribution in [0, 0.1) is 0 Å².